The molecular formula is C11H15BrN2O. The van der Waals surface area contributed by atoms with Crippen LogP contribution < -0.4 is 5.73 Å². The fraction of sp³-hybridized carbons (Fsp3) is 0.364. The van der Waals surface area contributed by atoms with Gasteiger partial charge in [-0.15, -0.1) is 0 Å². The Balaban J connectivity index is 2.90. The van der Waals surface area contributed by atoms with Crippen molar-refractivity contribution in [2.45, 2.75) is 13.0 Å². The van der Waals surface area contributed by atoms with Crippen molar-refractivity contribution < 1.29 is 4.79 Å². The van der Waals surface area contributed by atoms with Gasteiger partial charge in [-0.1, -0.05) is 12.1 Å². The fourth-order valence-electron chi connectivity index (χ4n) is 1.18. The Bertz CT molecular complexity index is 354. The molecule has 0 aliphatic rings. The van der Waals surface area contributed by atoms with Crippen molar-refractivity contribution in [2.24, 2.45) is 5.73 Å². The van der Waals surface area contributed by atoms with Crippen LogP contribution in [0.3, 0.4) is 0 Å². The molecule has 0 aliphatic carbocycles. The Morgan fingerprint density at radius 1 is 1.53 bits per heavy atom. The summed E-state index contributed by atoms with van der Waals surface area (Å²) in [6.45, 7) is 2.39. The van der Waals surface area contributed by atoms with Gasteiger partial charge in [0.25, 0.3) is 5.91 Å². The SMILES string of the molecule is C[C@H](CN)N(C)C(=O)c1ccccc1Br. The number of benzene rings is 1. The summed E-state index contributed by atoms with van der Waals surface area (Å²) in [5.41, 5.74) is 6.19. The lowest BCUT2D eigenvalue weighted by atomic mass is 10.2. The number of rotatable bonds is 3. The van der Waals surface area contributed by atoms with Crippen LogP contribution in [-0.2, 0) is 0 Å². The zero-order valence-electron chi connectivity index (χ0n) is 8.90. The highest BCUT2D eigenvalue weighted by molar-refractivity contribution is 9.10. The zero-order chi connectivity index (χ0) is 11.4. The highest BCUT2D eigenvalue weighted by Crippen LogP contribution is 2.17. The Hall–Kier alpha value is -0.870. The summed E-state index contributed by atoms with van der Waals surface area (Å²) in [5, 5.41) is 0. The van der Waals surface area contributed by atoms with Gasteiger partial charge < -0.3 is 10.6 Å². The number of halogens is 1. The van der Waals surface area contributed by atoms with Crippen molar-refractivity contribution in [1.82, 2.24) is 4.90 Å². The molecule has 0 unspecified atom stereocenters. The highest BCUT2D eigenvalue weighted by Gasteiger charge is 2.17. The molecule has 0 aliphatic heterocycles. The quantitative estimate of drug-likeness (QED) is 0.912. The summed E-state index contributed by atoms with van der Waals surface area (Å²) < 4.78 is 0.811. The average molecular weight is 271 g/mol. The lowest BCUT2D eigenvalue weighted by molar-refractivity contribution is 0.0747. The third kappa shape index (κ3) is 2.79. The standard InChI is InChI=1S/C11H15BrN2O/c1-8(7-13)14(2)11(15)9-5-3-4-6-10(9)12/h3-6,8H,7,13H2,1-2H3/t8-/m1/s1. The Morgan fingerprint density at radius 2 is 2.13 bits per heavy atom. The summed E-state index contributed by atoms with van der Waals surface area (Å²) >= 11 is 3.36. The molecule has 0 spiro atoms. The van der Waals surface area contributed by atoms with Gasteiger partial charge in [-0.3, -0.25) is 4.79 Å². The minimum Gasteiger partial charge on any atom is -0.338 e. The third-order valence-electron chi connectivity index (χ3n) is 2.43. The van der Waals surface area contributed by atoms with Gasteiger partial charge in [0.1, 0.15) is 0 Å². The maximum atomic E-state index is 12.0. The minimum absolute atomic E-state index is 0.0135. The van der Waals surface area contributed by atoms with Crippen molar-refractivity contribution in [3.05, 3.63) is 34.3 Å². The van der Waals surface area contributed by atoms with Crippen molar-refractivity contribution in [3.63, 3.8) is 0 Å². The second kappa shape index (κ2) is 5.28. The summed E-state index contributed by atoms with van der Waals surface area (Å²) in [4.78, 5) is 13.7. The molecule has 4 heteroatoms. The molecule has 0 aromatic heterocycles. The molecule has 1 aromatic rings. The molecule has 1 amide bonds. The molecule has 1 atom stereocenters. The number of hydrogen-bond acceptors (Lipinski definition) is 2. The van der Waals surface area contributed by atoms with Crippen LogP contribution in [0.25, 0.3) is 0 Å². The molecule has 0 fully saturated rings. The van der Waals surface area contributed by atoms with Crippen LogP contribution in [0.2, 0.25) is 0 Å². The average Bonchev–Trinajstić information content (AvgIpc) is 2.26. The van der Waals surface area contributed by atoms with Gasteiger partial charge in [0.05, 0.1) is 5.56 Å². The van der Waals surface area contributed by atoms with E-state index in [0.717, 1.165) is 4.47 Å². The molecule has 0 heterocycles. The summed E-state index contributed by atoms with van der Waals surface area (Å²) in [6.07, 6.45) is 0. The van der Waals surface area contributed by atoms with Crippen molar-refractivity contribution in [1.29, 1.82) is 0 Å². The molecule has 0 radical (unpaired) electrons. The van der Waals surface area contributed by atoms with Crippen LogP contribution in [0.1, 0.15) is 17.3 Å². The van der Waals surface area contributed by atoms with E-state index in [2.05, 4.69) is 15.9 Å². The molecule has 1 aromatic carbocycles. The Kier molecular flexibility index (Phi) is 4.29. The number of hydrogen-bond donors (Lipinski definition) is 1. The summed E-state index contributed by atoms with van der Waals surface area (Å²) in [6, 6.07) is 7.43. The molecule has 2 N–H and O–H groups in total. The molecule has 15 heavy (non-hydrogen) atoms. The molecule has 3 nitrogen and oxygen atoms in total. The van der Waals surface area contributed by atoms with E-state index in [4.69, 9.17) is 5.73 Å². The zero-order valence-corrected chi connectivity index (χ0v) is 10.5. The van der Waals surface area contributed by atoms with Crippen LogP contribution in [0.5, 0.6) is 0 Å². The van der Waals surface area contributed by atoms with Gasteiger partial charge in [0.2, 0.25) is 0 Å². The number of carbonyl (C=O) groups excluding carboxylic acids is 1. The topological polar surface area (TPSA) is 46.3 Å². The molecule has 82 valence electrons. The minimum atomic E-state index is -0.0135. The summed E-state index contributed by atoms with van der Waals surface area (Å²) in [5.74, 6) is -0.0135. The lowest BCUT2D eigenvalue weighted by Crippen LogP contribution is -2.39. The first-order valence-corrected chi connectivity index (χ1v) is 5.59. The van der Waals surface area contributed by atoms with Gasteiger partial charge >= 0.3 is 0 Å². The van der Waals surface area contributed by atoms with Crippen molar-refractivity contribution in [2.75, 3.05) is 13.6 Å². The van der Waals surface area contributed by atoms with E-state index < -0.39 is 0 Å². The highest BCUT2D eigenvalue weighted by atomic mass is 79.9. The van der Waals surface area contributed by atoms with Gasteiger partial charge in [-0.2, -0.15) is 0 Å². The fourth-order valence-corrected chi connectivity index (χ4v) is 1.64. The van der Waals surface area contributed by atoms with E-state index in [1.54, 1.807) is 18.0 Å². The normalized spacial score (nSPS) is 12.3. The van der Waals surface area contributed by atoms with E-state index in [9.17, 15) is 4.79 Å². The smallest absolute Gasteiger partial charge is 0.255 e. The molecule has 1 rings (SSSR count). The second-order valence-electron chi connectivity index (χ2n) is 3.48. The Morgan fingerprint density at radius 3 is 2.67 bits per heavy atom. The summed E-state index contributed by atoms with van der Waals surface area (Å²) in [7, 11) is 1.76. The van der Waals surface area contributed by atoms with Gasteiger partial charge in [0, 0.05) is 24.1 Å². The van der Waals surface area contributed by atoms with Gasteiger partial charge in [0.15, 0.2) is 0 Å². The predicted octanol–water partition coefficient (Wildman–Crippen LogP) is 1.87. The van der Waals surface area contributed by atoms with Crippen LogP contribution in [0.15, 0.2) is 28.7 Å². The first-order chi connectivity index (χ1) is 7.07. The van der Waals surface area contributed by atoms with Crippen LogP contribution >= 0.6 is 15.9 Å². The van der Waals surface area contributed by atoms with Gasteiger partial charge in [-0.25, -0.2) is 0 Å². The van der Waals surface area contributed by atoms with Gasteiger partial charge in [-0.05, 0) is 35.0 Å². The number of amides is 1. The van der Waals surface area contributed by atoms with Crippen molar-refractivity contribution in [3.8, 4) is 0 Å². The molecule has 0 saturated heterocycles. The lowest BCUT2D eigenvalue weighted by Gasteiger charge is -2.24. The Labute approximate surface area is 98.4 Å². The molecular weight excluding hydrogens is 256 g/mol. The molecule has 0 saturated carbocycles. The first kappa shape index (κ1) is 12.2. The number of carbonyl (C=O) groups is 1. The molecule has 0 bridgehead atoms. The largest absolute Gasteiger partial charge is 0.338 e. The second-order valence-corrected chi connectivity index (χ2v) is 4.33. The van der Waals surface area contributed by atoms with E-state index in [1.807, 2.05) is 25.1 Å². The third-order valence-corrected chi connectivity index (χ3v) is 3.12. The van der Waals surface area contributed by atoms with E-state index in [0.29, 0.717) is 12.1 Å². The monoisotopic (exact) mass is 270 g/mol. The van der Waals surface area contributed by atoms with Crippen molar-refractivity contribution >= 4 is 21.8 Å². The first-order valence-electron chi connectivity index (χ1n) is 4.79. The van der Waals surface area contributed by atoms with Crippen LogP contribution in [0, 0.1) is 0 Å². The number of likely N-dealkylation sites (N-methyl/N-ethyl adjacent to an activating group) is 1. The van der Waals surface area contributed by atoms with Crippen LogP contribution in [0.4, 0.5) is 0 Å². The maximum absolute atomic E-state index is 12.0. The number of nitrogens with zero attached hydrogens (tertiary/aromatic N) is 1. The van der Waals surface area contributed by atoms with E-state index in [-0.39, 0.29) is 11.9 Å². The van der Waals surface area contributed by atoms with E-state index >= 15 is 0 Å². The maximum Gasteiger partial charge on any atom is 0.255 e. The predicted molar refractivity (Wildman–Crippen MR) is 64.8 cm³/mol. The number of nitrogens with two attached hydrogens (primary N) is 1. The van der Waals surface area contributed by atoms with E-state index in [1.165, 1.54) is 0 Å². The van der Waals surface area contributed by atoms with Crippen LogP contribution in [-0.4, -0.2) is 30.4 Å².